The number of H-pyrrole nitrogens is 1. The number of nitrogens with one attached hydrogen (secondary N) is 2. The first-order valence-corrected chi connectivity index (χ1v) is 10.1. The van der Waals surface area contributed by atoms with Crippen LogP contribution in [0.15, 0.2) is 60.9 Å². The van der Waals surface area contributed by atoms with E-state index in [9.17, 15) is 4.79 Å². The minimum Gasteiger partial charge on any atom is -0.387 e. The highest BCUT2D eigenvalue weighted by atomic mass is 16.5. The zero-order chi connectivity index (χ0) is 22.0. The van der Waals surface area contributed by atoms with E-state index in [1.54, 1.807) is 26.1 Å². The monoisotopic (exact) mass is 414 g/mol. The Kier molecular flexibility index (Phi) is 5.73. The number of nitrogens with zero attached hydrogens (tertiary/aromatic N) is 2. The van der Waals surface area contributed by atoms with Crippen molar-refractivity contribution >= 4 is 22.6 Å². The fraction of sp³-hybridized carbons (Fsp3) is 0.200. The fourth-order valence-electron chi connectivity index (χ4n) is 3.81. The number of carbonyl (C=O) groups is 1. The molecule has 31 heavy (non-hydrogen) atoms. The lowest BCUT2D eigenvalue weighted by Gasteiger charge is -2.15. The molecule has 0 bridgehead atoms. The Bertz CT molecular complexity index is 1240. The molecule has 0 spiro atoms. The average Bonchev–Trinajstić information content (AvgIpc) is 3.21. The maximum Gasteiger partial charge on any atom is 0.255 e. The number of aromatic amines is 1. The minimum absolute atomic E-state index is 0.0453. The number of amides is 1. The van der Waals surface area contributed by atoms with Crippen LogP contribution in [0.5, 0.6) is 0 Å². The van der Waals surface area contributed by atoms with Crippen molar-refractivity contribution in [2.45, 2.75) is 6.61 Å². The molecule has 0 unspecified atom stereocenters. The molecular formula is C25H26N4O2. The van der Waals surface area contributed by atoms with E-state index < -0.39 is 0 Å². The van der Waals surface area contributed by atoms with E-state index in [0.29, 0.717) is 12.2 Å². The molecule has 0 atom stereocenters. The summed E-state index contributed by atoms with van der Waals surface area (Å²) in [7, 11) is 7.03. The lowest BCUT2D eigenvalue weighted by Crippen LogP contribution is -2.22. The molecule has 2 heterocycles. The van der Waals surface area contributed by atoms with Crippen molar-refractivity contribution in [3.8, 4) is 22.3 Å². The molecule has 2 aromatic heterocycles. The van der Waals surface area contributed by atoms with Gasteiger partial charge in [0.2, 0.25) is 0 Å². The lowest BCUT2D eigenvalue weighted by atomic mass is 9.97. The van der Waals surface area contributed by atoms with Crippen molar-refractivity contribution in [1.29, 1.82) is 0 Å². The van der Waals surface area contributed by atoms with Gasteiger partial charge >= 0.3 is 0 Å². The molecule has 6 heteroatoms. The zero-order valence-electron chi connectivity index (χ0n) is 18.2. The number of aromatic nitrogens is 2. The summed E-state index contributed by atoms with van der Waals surface area (Å²) in [6, 6.07) is 16.2. The molecule has 6 nitrogen and oxygen atoms in total. The SMILES string of the molecule is CNc1ccc(-c2cnc3[nH]cc(-c4ccccc4COC)c3c2)cc1C(=O)N(C)C. The van der Waals surface area contributed by atoms with Crippen LogP contribution in [0.3, 0.4) is 0 Å². The molecule has 0 fully saturated rings. The Morgan fingerprint density at radius 3 is 2.65 bits per heavy atom. The van der Waals surface area contributed by atoms with Gasteiger partial charge < -0.3 is 19.9 Å². The summed E-state index contributed by atoms with van der Waals surface area (Å²) in [5.41, 5.74) is 7.45. The highest BCUT2D eigenvalue weighted by Crippen LogP contribution is 2.34. The topological polar surface area (TPSA) is 70.2 Å². The van der Waals surface area contributed by atoms with Crippen LogP contribution >= 0.6 is 0 Å². The Labute approximate surface area is 181 Å². The summed E-state index contributed by atoms with van der Waals surface area (Å²) in [6.45, 7) is 0.539. The molecule has 2 aromatic carbocycles. The number of pyridine rings is 1. The van der Waals surface area contributed by atoms with E-state index in [4.69, 9.17) is 4.74 Å². The summed E-state index contributed by atoms with van der Waals surface area (Å²) in [5.74, 6) is -0.0453. The third-order valence-electron chi connectivity index (χ3n) is 5.40. The predicted octanol–water partition coefficient (Wildman–Crippen LogP) is 4.79. The van der Waals surface area contributed by atoms with E-state index in [-0.39, 0.29) is 5.91 Å². The minimum atomic E-state index is -0.0453. The van der Waals surface area contributed by atoms with Crippen molar-refractivity contribution in [2.24, 2.45) is 0 Å². The number of ether oxygens (including phenoxy) is 1. The van der Waals surface area contributed by atoms with E-state index in [1.165, 1.54) is 0 Å². The second-order valence-electron chi connectivity index (χ2n) is 7.62. The van der Waals surface area contributed by atoms with Crippen molar-refractivity contribution in [3.05, 3.63) is 72.1 Å². The molecule has 0 radical (unpaired) electrons. The van der Waals surface area contributed by atoms with E-state index in [1.807, 2.05) is 49.8 Å². The van der Waals surface area contributed by atoms with Gasteiger partial charge in [0.05, 0.1) is 12.2 Å². The molecule has 2 N–H and O–H groups in total. The van der Waals surface area contributed by atoms with Gasteiger partial charge in [-0.05, 0) is 34.9 Å². The van der Waals surface area contributed by atoms with Gasteiger partial charge in [0.25, 0.3) is 5.91 Å². The van der Waals surface area contributed by atoms with Crippen LogP contribution in [0.2, 0.25) is 0 Å². The molecule has 0 aliphatic carbocycles. The van der Waals surface area contributed by atoms with Gasteiger partial charge in [-0.3, -0.25) is 4.79 Å². The van der Waals surface area contributed by atoms with Gasteiger partial charge in [-0.15, -0.1) is 0 Å². The highest BCUT2D eigenvalue weighted by molar-refractivity contribution is 6.01. The van der Waals surface area contributed by atoms with Crippen LogP contribution in [-0.4, -0.2) is 49.0 Å². The summed E-state index contributed by atoms with van der Waals surface area (Å²) in [6.07, 6.45) is 3.82. The second kappa shape index (κ2) is 8.62. The summed E-state index contributed by atoms with van der Waals surface area (Å²) >= 11 is 0. The van der Waals surface area contributed by atoms with Crippen molar-refractivity contribution in [2.75, 3.05) is 33.6 Å². The molecule has 0 aliphatic rings. The Morgan fingerprint density at radius 1 is 1.10 bits per heavy atom. The van der Waals surface area contributed by atoms with Crippen molar-refractivity contribution in [3.63, 3.8) is 0 Å². The Balaban J connectivity index is 1.84. The zero-order valence-corrected chi connectivity index (χ0v) is 18.2. The molecular weight excluding hydrogens is 388 g/mol. The third kappa shape index (κ3) is 3.90. The number of anilines is 1. The number of fused-ring (bicyclic) bond motifs is 1. The van der Waals surface area contributed by atoms with E-state index >= 15 is 0 Å². The quantitative estimate of drug-likeness (QED) is 0.476. The first kappa shape index (κ1) is 20.6. The average molecular weight is 415 g/mol. The standard InChI is InChI=1S/C25H26N4O2/c1-26-23-10-9-16(11-21(23)25(30)29(2)3)18-12-20-22(14-28-24(20)27-13-18)19-8-6-5-7-17(19)15-31-4/h5-14,26H,15H2,1-4H3,(H,27,28). The van der Waals surface area contributed by atoms with Crippen LogP contribution < -0.4 is 5.32 Å². The van der Waals surface area contributed by atoms with Gasteiger partial charge in [-0.1, -0.05) is 30.3 Å². The number of hydrogen-bond donors (Lipinski definition) is 2. The lowest BCUT2D eigenvalue weighted by molar-refractivity contribution is 0.0828. The van der Waals surface area contributed by atoms with E-state index in [0.717, 1.165) is 44.5 Å². The maximum atomic E-state index is 12.7. The molecule has 4 aromatic rings. The smallest absolute Gasteiger partial charge is 0.255 e. The Hall–Kier alpha value is -3.64. The molecule has 0 saturated carbocycles. The number of benzene rings is 2. The molecule has 0 saturated heterocycles. The van der Waals surface area contributed by atoms with Crippen LogP contribution in [0.25, 0.3) is 33.3 Å². The summed E-state index contributed by atoms with van der Waals surface area (Å²) < 4.78 is 5.38. The number of rotatable bonds is 6. The van der Waals surface area contributed by atoms with Gasteiger partial charge in [0, 0.05) is 62.8 Å². The van der Waals surface area contributed by atoms with Crippen molar-refractivity contribution in [1.82, 2.24) is 14.9 Å². The van der Waals surface area contributed by atoms with Crippen LogP contribution in [0.4, 0.5) is 5.69 Å². The van der Waals surface area contributed by atoms with Crippen LogP contribution in [0, 0.1) is 0 Å². The van der Waals surface area contributed by atoms with Gasteiger partial charge in [0.1, 0.15) is 5.65 Å². The normalized spacial score (nSPS) is 11.0. The van der Waals surface area contributed by atoms with Gasteiger partial charge in [-0.25, -0.2) is 4.98 Å². The Morgan fingerprint density at radius 2 is 1.90 bits per heavy atom. The number of hydrogen-bond acceptors (Lipinski definition) is 4. The highest BCUT2D eigenvalue weighted by Gasteiger charge is 2.16. The van der Waals surface area contributed by atoms with Crippen LogP contribution in [0.1, 0.15) is 15.9 Å². The predicted molar refractivity (Wildman–Crippen MR) is 125 cm³/mol. The molecule has 0 aliphatic heterocycles. The first-order valence-electron chi connectivity index (χ1n) is 10.1. The van der Waals surface area contributed by atoms with Gasteiger partial charge in [-0.2, -0.15) is 0 Å². The largest absolute Gasteiger partial charge is 0.387 e. The molecule has 4 rings (SSSR count). The fourth-order valence-corrected chi connectivity index (χ4v) is 3.81. The first-order chi connectivity index (χ1) is 15.0. The van der Waals surface area contributed by atoms with Crippen molar-refractivity contribution < 1.29 is 9.53 Å². The van der Waals surface area contributed by atoms with Crippen LogP contribution in [-0.2, 0) is 11.3 Å². The molecule has 1 amide bonds. The second-order valence-corrected chi connectivity index (χ2v) is 7.62. The molecule has 158 valence electrons. The van der Waals surface area contributed by atoms with E-state index in [2.05, 4.69) is 33.5 Å². The third-order valence-corrected chi connectivity index (χ3v) is 5.40. The number of methoxy groups -OCH3 is 1. The number of carbonyl (C=O) groups excluding carboxylic acids is 1. The summed E-state index contributed by atoms with van der Waals surface area (Å²) in [5, 5.41) is 4.13. The van der Waals surface area contributed by atoms with Gasteiger partial charge in [0.15, 0.2) is 0 Å². The summed E-state index contributed by atoms with van der Waals surface area (Å²) in [4.78, 5) is 22.2. The maximum absolute atomic E-state index is 12.7.